The summed E-state index contributed by atoms with van der Waals surface area (Å²) in [6.07, 6.45) is 1.93. The first-order valence-electron chi connectivity index (χ1n) is 6.09. The average molecular weight is 253 g/mol. The van der Waals surface area contributed by atoms with Gasteiger partial charge in [0.2, 0.25) is 5.95 Å². The van der Waals surface area contributed by atoms with E-state index < -0.39 is 0 Å². The molecule has 2 aromatic heterocycles. The van der Waals surface area contributed by atoms with E-state index in [-0.39, 0.29) is 0 Å². The molecule has 96 valence electrons. The number of aryl methyl sites for hydroxylation is 1. The normalized spacial score (nSPS) is 11.1. The molecule has 0 aliphatic heterocycles. The molecule has 5 heteroatoms. The van der Waals surface area contributed by atoms with Gasteiger partial charge in [0.1, 0.15) is 0 Å². The van der Waals surface area contributed by atoms with Gasteiger partial charge in [0.25, 0.3) is 0 Å². The zero-order valence-electron chi connectivity index (χ0n) is 10.7. The molecular formula is C14H15N5. The molecule has 3 rings (SSSR count). The first-order valence-corrected chi connectivity index (χ1v) is 6.09. The molecule has 0 radical (unpaired) electrons. The van der Waals surface area contributed by atoms with Crippen LogP contribution in [0.5, 0.6) is 0 Å². The van der Waals surface area contributed by atoms with Crippen LogP contribution < -0.4 is 11.5 Å². The Labute approximate surface area is 110 Å². The number of nitrogens with two attached hydrogens (primary N) is 2. The predicted molar refractivity (Wildman–Crippen MR) is 75.5 cm³/mol. The fraction of sp³-hybridized carbons (Fsp3) is 0.143. The minimum Gasteiger partial charge on any atom is -0.366 e. The molecule has 0 saturated carbocycles. The topological polar surface area (TPSA) is 82.2 Å². The molecule has 0 aliphatic rings. The minimum absolute atomic E-state index is 0.290. The number of nitrogens with zero attached hydrogens (tertiary/aromatic N) is 3. The van der Waals surface area contributed by atoms with Crippen molar-refractivity contribution < 1.29 is 0 Å². The largest absolute Gasteiger partial charge is 0.366 e. The molecule has 0 unspecified atom stereocenters. The van der Waals surface area contributed by atoms with Gasteiger partial charge in [-0.15, -0.1) is 5.10 Å². The fourth-order valence-corrected chi connectivity index (χ4v) is 2.16. The second-order valence-corrected chi connectivity index (χ2v) is 4.55. The molecule has 0 bridgehead atoms. The Kier molecular flexibility index (Phi) is 2.68. The van der Waals surface area contributed by atoms with E-state index in [0.29, 0.717) is 12.5 Å². The molecule has 4 N–H and O–H groups in total. The lowest BCUT2D eigenvalue weighted by Crippen LogP contribution is -1.96. The lowest BCUT2D eigenvalue weighted by atomic mass is 10.0. The molecule has 5 nitrogen and oxygen atoms in total. The number of hydrogen-bond donors (Lipinski definition) is 2. The van der Waals surface area contributed by atoms with E-state index in [1.54, 1.807) is 4.52 Å². The molecule has 0 spiro atoms. The summed E-state index contributed by atoms with van der Waals surface area (Å²) in [6.45, 7) is 2.55. The summed E-state index contributed by atoms with van der Waals surface area (Å²) >= 11 is 0. The van der Waals surface area contributed by atoms with Crippen LogP contribution in [0.25, 0.3) is 16.8 Å². The van der Waals surface area contributed by atoms with Gasteiger partial charge in [0.15, 0.2) is 5.65 Å². The van der Waals surface area contributed by atoms with Gasteiger partial charge in [-0.25, -0.2) is 4.52 Å². The van der Waals surface area contributed by atoms with Gasteiger partial charge in [-0.05, 0) is 29.7 Å². The highest BCUT2D eigenvalue weighted by atomic mass is 15.3. The SMILES string of the molecule is Cc1cc(-c2ccc(CN)cc2)cn2nc(N)nc12. The van der Waals surface area contributed by atoms with E-state index in [1.165, 1.54) is 0 Å². The zero-order valence-corrected chi connectivity index (χ0v) is 10.7. The van der Waals surface area contributed by atoms with E-state index in [4.69, 9.17) is 11.5 Å². The lowest BCUT2D eigenvalue weighted by Gasteiger charge is -2.05. The Balaban J connectivity index is 2.13. The van der Waals surface area contributed by atoms with E-state index >= 15 is 0 Å². The summed E-state index contributed by atoms with van der Waals surface area (Å²) < 4.78 is 1.72. The van der Waals surface area contributed by atoms with Crippen LogP contribution in [-0.2, 0) is 6.54 Å². The van der Waals surface area contributed by atoms with E-state index in [0.717, 1.165) is 27.9 Å². The maximum atomic E-state index is 5.63. The van der Waals surface area contributed by atoms with Crippen molar-refractivity contribution in [2.45, 2.75) is 13.5 Å². The Morgan fingerprint density at radius 1 is 1.16 bits per heavy atom. The summed E-state index contributed by atoms with van der Waals surface area (Å²) in [5, 5.41) is 4.16. The van der Waals surface area contributed by atoms with Crippen molar-refractivity contribution in [2.24, 2.45) is 5.73 Å². The van der Waals surface area contributed by atoms with Crippen LogP contribution in [0, 0.1) is 6.92 Å². The molecule has 0 saturated heterocycles. The smallest absolute Gasteiger partial charge is 0.240 e. The average Bonchev–Trinajstić information content (AvgIpc) is 2.80. The molecular weight excluding hydrogens is 238 g/mol. The molecule has 0 atom stereocenters. The standard InChI is InChI=1S/C14H15N5/c1-9-6-12(8-19-13(9)17-14(16)18-19)11-4-2-10(7-15)3-5-11/h2-6,8H,7,15H2,1H3,(H2,16,18). The monoisotopic (exact) mass is 253 g/mol. The number of fused-ring (bicyclic) bond motifs is 1. The third kappa shape index (κ3) is 2.04. The highest BCUT2D eigenvalue weighted by Crippen LogP contribution is 2.22. The van der Waals surface area contributed by atoms with E-state index in [1.807, 2.05) is 25.3 Å². The quantitative estimate of drug-likeness (QED) is 0.729. The van der Waals surface area contributed by atoms with Crippen molar-refractivity contribution in [3.8, 4) is 11.1 Å². The van der Waals surface area contributed by atoms with Gasteiger partial charge in [-0.3, -0.25) is 0 Å². The number of hydrogen-bond acceptors (Lipinski definition) is 4. The number of anilines is 1. The summed E-state index contributed by atoms with van der Waals surface area (Å²) in [7, 11) is 0. The van der Waals surface area contributed by atoms with Crippen LogP contribution in [0.1, 0.15) is 11.1 Å². The zero-order chi connectivity index (χ0) is 13.4. The number of benzene rings is 1. The molecule has 19 heavy (non-hydrogen) atoms. The highest BCUT2D eigenvalue weighted by Gasteiger charge is 2.07. The van der Waals surface area contributed by atoms with Crippen LogP contribution in [0.2, 0.25) is 0 Å². The van der Waals surface area contributed by atoms with Gasteiger partial charge in [0, 0.05) is 18.3 Å². The van der Waals surface area contributed by atoms with Gasteiger partial charge in [-0.2, -0.15) is 4.98 Å². The summed E-state index contributed by atoms with van der Waals surface area (Å²) in [6, 6.07) is 10.3. The third-order valence-electron chi connectivity index (χ3n) is 3.16. The maximum Gasteiger partial charge on any atom is 0.240 e. The Bertz CT molecular complexity index is 727. The number of aromatic nitrogens is 3. The van der Waals surface area contributed by atoms with Crippen LogP contribution in [-0.4, -0.2) is 14.6 Å². The van der Waals surface area contributed by atoms with E-state index in [9.17, 15) is 0 Å². The minimum atomic E-state index is 0.290. The van der Waals surface area contributed by atoms with Crippen LogP contribution in [0.4, 0.5) is 5.95 Å². The number of pyridine rings is 1. The highest BCUT2D eigenvalue weighted by molar-refractivity contribution is 5.67. The molecule has 3 aromatic rings. The van der Waals surface area contributed by atoms with Gasteiger partial charge < -0.3 is 11.5 Å². The molecule has 0 amide bonds. The van der Waals surface area contributed by atoms with E-state index in [2.05, 4.69) is 28.3 Å². The van der Waals surface area contributed by atoms with Crippen LogP contribution in [0.15, 0.2) is 36.5 Å². The Hall–Kier alpha value is -2.40. The fourth-order valence-electron chi connectivity index (χ4n) is 2.16. The van der Waals surface area contributed by atoms with Gasteiger partial charge >= 0.3 is 0 Å². The summed E-state index contributed by atoms with van der Waals surface area (Å²) in [5.41, 5.74) is 16.4. The van der Waals surface area contributed by atoms with Crippen LogP contribution >= 0.6 is 0 Å². The third-order valence-corrected chi connectivity index (χ3v) is 3.16. The Morgan fingerprint density at radius 3 is 2.58 bits per heavy atom. The predicted octanol–water partition coefficient (Wildman–Crippen LogP) is 1.75. The molecule has 1 aromatic carbocycles. The molecule has 0 aliphatic carbocycles. The first-order chi connectivity index (χ1) is 9.17. The van der Waals surface area contributed by atoms with Crippen molar-refractivity contribution in [1.82, 2.24) is 14.6 Å². The molecule has 0 fully saturated rings. The number of nitrogen functional groups attached to an aromatic ring is 1. The van der Waals surface area contributed by atoms with Crippen LogP contribution in [0.3, 0.4) is 0 Å². The van der Waals surface area contributed by atoms with Gasteiger partial charge in [0.05, 0.1) is 0 Å². The van der Waals surface area contributed by atoms with Crippen molar-refractivity contribution >= 4 is 11.6 Å². The second kappa shape index (κ2) is 4.37. The van der Waals surface area contributed by atoms with Gasteiger partial charge in [-0.1, -0.05) is 24.3 Å². The summed E-state index contributed by atoms with van der Waals surface area (Å²) in [4.78, 5) is 4.19. The summed E-state index contributed by atoms with van der Waals surface area (Å²) in [5.74, 6) is 0.290. The Morgan fingerprint density at radius 2 is 1.89 bits per heavy atom. The van der Waals surface area contributed by atoms with Crippen molar-refractivity contribution in [3.05, 3.63) is 47.7 Å². The molecule has 2 heterocycles. The van der Waals surface area contributed by atoms with Crippen molar-refractivity contribution in [2.75, 3.05) is 5.73 Å². The maximum absolute atomic E-state index is 5.63. The first kappa shape index (κ1) is 11.7. The second-order valence-electron chi connectivity index (χ2n) is 4.55. The lowest BCUT2D eigenvalue weighted by molar-refractivity contribution is 0.964. The van der Waals surface area contributed by atoms with Crippen molar-refractivity contribution in [3.63, 3.8) is 0 Å². The van der Waals surface area contributed by atoms with Crippen molar-refractivity contribution in [1.29, 1.82) is 0 Å². The number of rotatable bonds is 2.